The maximum absolute atomic E-state index is 13.3. The van der Waals surface area contributed by atoms with Crippen LogP contribution in [0.25, 0.3) is 6.08 Å². The van der Waals surface area contributed by atoms with Crippen molar-refractivity contribution in [3.8, 4) is 0 Å². The minimum atomic E-state index is -0.0923. The van der Waals surface area contributed by atoms with Gasteiger partial charge >= 0.3 is 0 Å². The number of aryl methyl sites for hydroxylation is 1. The maximum Gasteiger partial charge on any atom is 0.213 e. The summed E-state index contributed by atoms with van der Waals surface area (Å²) in [5.74, 6) is 0.737. The van der Waals surface area contributed by atoms with Gasteiger partial charge in [0.25, 0.3) is 0 Å². The molecule has 3 aromatic rings. The first-order valence-electron chi connectivity index (χ1n) is 10.3. The highest BCUT2D eigenvalue weighted by Gasteiger charge is 2.24. The molecule has 1 unspecified atom stereocenters. The van der Waals surface area contributed by atoms with Crippen molar-refractivity contribution in [1.29, 1.82) is 0 Å². The number of rotatable bonds is 5. The number of benzene rings is 1. The van der Waals surface area contributed by atoms with Gasteiger partial charge < -0.3 is 10.2 Å². The molecule has 0 saturated carbocycles. The maximum atomic E-state index is 13.3. The van der Waals surface area contributed by atoms with E-state index in [2.05, 4.69) is 39.5 Å². The second-order valence-electron chi connectivity index (χ2n) is 7.44. The minimum absolute atomic E-state index is 0. The topological polar surface area (TPSA) is 58.1 Å². The molecular weight excluding hydrogens is 372 g/mol. The van der Waals surface area contributed by atoms with Crippen LogP contribution in [0.15, 0.2) is 66.9 Å². The Balaban J connectivity index is 0.00000181. The van der Waals surface area contributed by atoms with E-state index in [0.29, 0.717) is 17.0 Å². The number of aromatic nitrogens is 2. The highest BCUT2D eigenvalue weighted by molar-refractivity contribution is 6.10. The fourth-order valence-corrected chi connectivity index (χ4v) is 3.85. The largest absolute Gasteiger partial charge is 0.353 e. The number of pyridine rings is 2. The molecule has 156 valence electrons. The molecule has 1 N–H and O–H groups in total. The number of nitrogens with zero attached hydrogens (tertiary/aromatic N) is 3. The van der Waals surface area contributed by atoms with Crippen LogP contribution in [0.2, 0.25) is 0 Å². The van der Waals surface area contributed by atoms with E-state index in [4.69, 9.17) is 4.98 Å². The number of hydrogen-bond acceptors (Lipinski definition) is 5. The predicted molar refractivity (Wildman–Crippen MR) is 125 cm³/mol. The Morgan fingerprint density at radius 3 is 2.77 bits per heavy atom. The van der Waals surface area contributed by atoms with Crippen molar-refractivity contribution in [3.63, 3.8) is 0 Å². The van der Waals surface area contributed by atoms with Crippen LogP contribution in [0.5, 0.6) is 0 Å². The summed E-state index contributed by atoms with van der Waals surface area (Å²) in [6.07, 6.45) is 5.56. The van der Waals surface area contributed by atoms with Crippen molar-refractivity contribution in [2.24, 2.45) is 0 Å². The first kappa shape index (κ1) is 20.0. The molecule has 1 aliphatic heterocycles. The third-order valence-electron chi connectivity index (χ3n) is 5.43. The number of ketones is 1. The lowest BCUT2D eigenvalue weighted by molar-refractivity contribution is 0.103. The molecule has 1 fully saturated rings. The second kappa shape index (κ2) is 9.01. The number of anilines is 1. The van der Waals surface area contributed by atoms with Crippen LogP contribution in [0.4, 0.5) is 5.82 Å². The van der Waals surface area contributed by atoms with Gasteiger partial charge in [-0.05, 0) is 43.7 Å². The molecule has 0 bridgehead atoms. The Morgan fingerprint density at radius 1 is 1.17 bits per heavy atom. The monoisotopic (exact) mass is 402 g/mol. The van der Waals surface area contributed by atoms with E-state index in [-0.39, 0.29) is 14.7 Å². The molecule has 1 aliphatic rings. The molecule has 0 radical (unpaired) electrons. The van der Waals surface area contributed by atoms with Crippen molar-refractivity contribution >= 4 is 17.7 Å². The fourth-order valence-electron chi connectivity index (χ4n) is 3.85. The van der Waals surface area contributed by atoms with Crippen molar-refractivity contribution in [3.05, 3.63) is 94.9 Å². The lowest BCUT2D eigenvalue weighted by Gasteiger charge is -2.35. The quantitative estimate of drug-likeness (QED) is 0.627. The molecule has 0 aliphatic carbocycles. The number of allylic oxidation sites excluding steroid dienone is 1. The van der Waals surface area contributed by atoms with Crippen LogP contribution in [-0.2, 0) is 0 Å². The van der Waals surface area contributed by atoms with E-state index in [1.807, 2.05) is 50.3 Å². The summed E-state index contributed by atoms with van der Waals surface area (Å²) in [4.78, 5) is 24.7. The van der Waals surface area contributed by atoms with Crippen LogP contribution in [0, 0.1) is 6.92 Å². The van der Waals surface area contributed by atoms with Crippen LogP contribution in [0.3, 0.4) is 0 Å². The first-order chi connectivity index (χ1) is 14.7. The van der Waals surface area contributed by atoms with Crippen molar-refractivity contribution in [2.45, 2.75) is 19.9 Å². The van der Waals surface area contributed by atoms with Gasteiger partial charge in [-0.15, -0.1) is 0 Å². The van der Waals surface area contributed by atoms with Crippen LogP contribution < -0.4 is 10.2 Å². The molecule has 2 aromatic heterocycles. The van der Waals surface area contributed by atoms with Gasteiger partial charge in [-0.2, -0.15) is 0 Å². The standard InChI is InChI=1S/C25H26N4O.2H2/c1-3-8-20-12-13-23(28-24(20)25(30)21-11-7-14-26-18(21)2)29-16-15-27-22(17-29)19-9-5-4-6-10-19;;/h3-14,22,27H,15-17H2,1-2H3;2*1H/b8-3+;;. The van der Waals surface area contributed by atoms with Gasteiger partial charge in [0.1, 0.15) is 11.5 Å². The molecule has 30 heavy (non-hydrogen) atoms. The Bertz CT molecular complexity index is 1070. The van der Waals surface area contributed by atoms with E-state index in [0.717, 1.165) is 31.0 Å². The number of piperazine rings is 1. The van der Waals surface area contributed by atoms with Gasteiger partial charge in [0, 0.05) is 51.5 Å². The van der Waals surface area contributed by atoms with Gasteiger partial charge in [0.05, 0.1) is 0 Å². The molecule has 0 amide bonds. The van der Waals surface area contributed by atoms with E-state index in [9.17, 15) is 4.79 Å². The first-order valence-corrected chi connectivity index (χ1v) is 10.3. The molecule has 5 heteroatoms. The summed E-state index contributed by atoms with van der Waals surface area (Å²) >= 11 is 0. The van der Waals surface area contributed by atoms with Gasteiger partial charge in [-0.3, -0.25) is 9.78 Å². The number of carbonyl (C=O) groups is 1. The average molecular weight is 403 g/mol. The van der Waals surface area contributed by atoms with Gasteiger partial charge in [0.15, 0.2) is 0 Å². The third-order valence-corrected chi connectivity index (χ3v) is 5.43. The summed E-state index contributed by atoms with van der Waals surface area (Å²) in [7, 11) is 0. The summed E-state index contributed by atoms with van der Waals surface area (Å²) in [5.41, 5.74) is 3.86. The SMILES string of the molecule is C/C=C/c1ccc(N2CCNC(c3ccccc3)C2)nc1C(=O)c1cccnc1C.[HH].[HH]. The van der Waals surface area contributed by atoms with Crippen LogP contribution >= 0.6 is 0 Å². The Kier molecular flexibility index (Phi) is 6.00. The summed E-state index contributed by atoms with van der Waals surface area (Å²) in [5, 5.41) is 3.58. The van der Waals surface area contributed by atoms with Gasteiger partial charge in [0.2, 0.25) is 5.78 Å². The van der Waals surface area contributed by atoms with E-state index in [1.54, 1.807) is 12.3 Å². The summed E-state index contributed by atoms with van der Waals surface area (Å²) < 4.78 is 0. The second-order valence-corrected chi connectivity index (χ2v) is 7.44. The smallest absolute Gasteiger partial charge is 0.213 e. The van der Waals surface area contributed by atoms with E-state index >= 15 is 0 Å². The zero-order chi connectivity index (χ0) is 20.9. The van der Waals surface area contributed by atoms with E-state index < -0.39 is 0 Å². The average Bonchev–Trinajstić information content (AvgIpc) is 2.80. The zero-order valence-corrected chi connectivity index (χ0v) is 17.4. The molecule has 1 atom stereocenters. The lowest BCUT2D eigenvalue weighted by atomic mass is 10.0. The number of hydrogen-bond donors (Lipinski definition) is 1. The van der Waals surface area contributed by atoms with Crippen LogP contribution in [0.1, 0.15) is 48.7 Å². The van der Waals surface area contributed by atoms with Crippen LogP contribution in [-0.4, -0.2) is 35.4 Å². The fraction of sp³-hybridized carbons (Fsp3) is 0.240. The Hall–Kier alpha value is -3.31. The molecule has 1 saturated heterocycles. The van der Waals surface area contributed by atoms with Crippen molar-refractivity contribution in [1.82, 2.24) is 15.3 Å². The Labute approximate surface area is 180 Å². The molecule has 3 heterocycles. The normalized spacial score (nSPS) is 16.7. The van der Waals surface area contributed by atoms with Gasteiger partial charge in [-0.1, -0.05) is 42.5 Å². The van der Waals surface area contributed by atoms with Crippen molar-refractivity contribution < 1.29 is 7.65 Å². The molecule has 4 rings (SSSR count). The third kappa shape index (κ3) is 4.16. The lowest BCUT2D eigenvalue weighted by Crippen LogP contribution is -2.46. The Morgan fingerprint density at radius 2 is 2.00 bits per heavy atom. The molecule has 5 nitrogen and oxygen atoms in total. The highest BCUT2D eigenvalue weighted by Crippen LogP contribution is 2.24. The van der Waals surface area contributed by atoms with E-state index in [1.165, 1.54) is 5.56 Å². The highest BCUT2D eigenvalue weighted by atomic mass is 16.1. The van der Waals surface area contributed by atoms with Gasteiger partial charge in [-0.25, -0.2) is 4.98 Å². The number of nitrogens with one attached hydrogen (secondary N) is 1. The van der Waals surface area contributed by atoms with Crippen molar-refractivity contribution in [2.75, 3.05) is 24.5 Å². The number of carbonyl (C=O) groups excluding carboxylic acids is 1. The molecule has 0 spiro atoms. The molecular formula is C25H30N4O. The predicted octanol–water partition coefficient (Wildman–Crippen LogP) is 4.69. The summed E-state index contributed by atoms with van der Waals surface area (Å²) in [6, 6.07) is 18.3. The molecule has 1 aromatic carbocycles. The summed E-state index contributed by atoms with van der Waals surface area (Å²) in [6.45, 7) is 6.31. The zero-order valence-electron chi connectivity index (χ0n) is 17.4. The minimum Gasteiger partial charge on any atom is -0.353 e.